The molecule has 12 heteroatoms. The van der Waals surface area contributed by atoms with Crippen LogP contribution in [0.15, 0.2) is 21.9 Å². The SMILES string of the molecule is O=c1ccn([C@@H]2O[C@H](COP(O)(O)=S)C(O)C2O)c(=O)[nH]1. The summed E-state index contributed by atoms with van der Waals surface area (Å²) in [6.07, 6.45) is -4.18. The Hall–Kier alpha value is -0.910. The second-order valence-corrected chi connectivity index (χ2v) is 7.02. The number of hydrogen-bond donors (Lipinski definition) is 5. The molecule has 1 aromatic rings. The smallest absolute Gasteiger partial charge is 0.330 e. The number of aliphatic hydroxyl groups excluding tert-OH is 2. The van der Waals surface area contributed by atoms with E-state index in [-0.39, 0.29) is 0 Å². The minimum absolute atomic E-state index is 0.475. The van der Waals surface area contributed by atoms with Crippen LogP contribution in [0.1, 0.15) is 6.23 Å². The number of nitrogens with zero attached hydrogens (tertiary/aromatic N) is 1. The van der Waals surface area contributed by atoms with Gasteiger partial charge in [-0.3, -0.25) is 14.3 Å². The Morgan fingerprint density at radius 3 is 2.62 bits per heavy atom. The molecule has 2 heterocycles. The number of H-pyrrole nitrogens is 1. The molecule has 21 heavy (non-hydrogen) atoms. The molecule has 0 bridgehead atoms. The van der Waals surface area contributed by atoms with Gasteiger partial charge in [0.1, 0.15) is 18.3 Å². The van der Waals surface area contributed by atoms with Crippen molar-refractivity contribution in [1.29, 1.82) is 0 Å². The molecular formula is C9H13N2O8PS. The van der Waals surface area contributed by atoms with E-state index in [0.29, 0.717) is 0 Å². The third kappa shape index (κ3) is 3.84. The molecule has 2 unspecified atom stereocenters. The summed E-state index contributed by atoms with van der Waals surface area (Å²) in [6, 6.07) is 1.05. The maximum Gasteiger partial charge on any atom is 0.330 e. The molecular weight excluding hydrogens is 327 g/mol. The van der Waals surface area contributed by atoms with Crippen LogP contribution in [0.2, 0.25) is 0 Å². The highest BCUT2D eigenvalue weighted by molar-refractivity contribution is 8.06. The highest BCUT2D eigenvalue weighted by atomic mass is 32.5. The van der Waals surface area contributed by atoms with Gasteiger partial charge in [-0.2, -0.15) is 0 Å². The van der Waals surface area contributed by atoms with Crippen LogP contribution in [0.4, 0.5) is 0 Å². The van der Waals surface area contributed by atoms with Gasteiger partial charge in [0.2, 0.25) is 0 Å². The van der Waals surface area contributed by atoms with Crippen molar-refractivity contribution >= 4 is 18.5 Å². The van der Waals surface area contributed by atoms with E-state index in [2.05, 4.69) is 16.3 Å². The minimum Gasteiger partial charge on any atom is -0.387 e. The number of aliphatic hydroxyl groups is 2. The standard InChI is InChI=1S/C9H13N2O8PS/c12-5-1-2-11(9(15)10-5)8-7(14)6(13)4(19-8)3-18-20(16,17)21/h1-2,4,6-8,13-14H,3H2,(H,10,12,15)(H2,16,17,21)/t4-,6?,7?,8-/m1/s1. The van der Waals surface area contributed by atoms with Gasteiger partial charge >= 0.3 is 12.4 Å². The van der Waals surface area contributed by atoms with Gasteiger partial charge in [-0.1, -0.05) is 0 Å². The molecule has 118 valence electrons. The monoisotopic (exact) mass is 340 g/mol. The summed E-state index contributed by atoms with van der Waals surface area (Å²) < 4.78 is 10.7. The summed E-state index contributed by atoms with van der Waals surface area (Å²) in [5.41, 5.74) is -1.44. The highest BCUT2D eigenvalue weighted by Gasteiger charge is 2.44. The molecule has 1 fully saturated rings. The average Bonchev–Trinajstić information content (AvgIpc) is 2.64. The fourth-order valence-electron chi connectivity index (χ4n) is 1.89. The first-order chi connectivity index (χ1) is 9.69. The fraction of sp³-hybridized carbons (Fsp3) is 0.556. The Bertz CT molecular complexity index is 668. The van der Waals surface area contributed by atoms with E-state index < -0.39 is 49.1 Å². The molecule has 5 N–H and O–H groups in total. The lowest BCUT2D eigenvalue weighted by atomic mass is 10.1. The van der Waals surface area contributed by atoms with Crippen molar-refractivity contribution in [2.45, 2.75) is 24.5 Å². The molecule has 0 saturated carbocycles. The van der Waals surface area contributed by atoms with Gasteiger partial charge in [0.15, 0.2) is 6.23 Å². The van der Waals surface area contributed by atoms with Crippen LogP contribution in [0.25, 0.3) is 0 Å². The second-order valence-electron chi connectivity index (χ2n) is 4.35. The van der Waals surface area contributed by atoms with E-state index in [0.717, 1.165) is 16.8 Å². The van der Waals surface area contributed by atoms with Gasteiger partial charge in [0, 0.05) is 12.3 Å². The van der Waals surface area contributed by atoms with Crippen LogP contribution in [-0.2, 0) is 21.1 Å². The Labute approximate surface area is 122 Å². The summed E-state index contributed by atoms with van der Waals surface area (Å²) in [5, 5.41) is 19.7. The lowest BCUT2D eigenvalue weighted by Crippen LogP contribution is -2.37. The van der Waals surface area contributed by atoms with Crippen molar-refractivity contribution in [3.63, 3.8) is 0 Å². The molecule has 0 aliphatic carbocycles. The highest BCUT2D eigenvalue weighted by Crippen LogP contribution is 2.38. The number of ether oxygens (including phenoxy) is 1. The summed E-state index contributed by atoms with van der Waals surface area (Å²) in [6.45, 7) is -4.40. The van der Waals surface area contributed by atoms with Gasteiger partial charge < -0.3 is 29.3 Å². The Morgan fingerprint density at radius 2 is 2.05 bits per heavy atom. The van der Waals surface area contributed by atoms with Crippen molar-refractivity contribution in [1.82, 2.24) is 9.55 Å². The predicted octanol–water partition coefficient (Wildman–Crippen LogP) is -2.62. The topological polar surface area (TPSA) is 154 Å². The van der Waals surface area contributed by atoms with Crippen LogP contribution >= 0.6 is 6.72 Å². The molecule has 1 aliphatic rings. The summed E-state index contributed by atoms with van der Waals surface area (Å²) in [4.78, 5) is 42.5. The molecule has 0 aromatic carbocycles. The first-order valence-corrected chi connectivity index (χ1v) is 8.35. The van der Waals surface area contributed by atoms with Crippen LogP contribution < -0.4 is 11.2 Å². The van der Waals surface area contributed by atoms with E-state index in [1.807, 2.05) is 4.98 Å². The Kier molecular flexibility index (Phi) is 4.76. The van der Waals surface area contributed by atoms with Gasteiger partial charge in [0.05, 0.1) is 6.61 Å². The summed E-state index contributed by atoms with van der Waals surface area (Å²) >= 11 is 4.25. The molecule has 0 radical (unpaired) electrons. The number of hydrogen-bond acceptors (Lipinski definition) is 7. The van der Waals surface area contributed by atoms with Crippen LogP contribution in [0, 0.1) is 0 Å². The first kappa shape index (κ1) is 16.5. The second kappa shape index (κ2) is 6.07. The third-order valence-electron chi connectivity index (χ3n) is 2.87. The lowest BCUT2D eigenvalue weighted by molar-refractivity contribution is -0.0527. The van der Waals surface area contributed by atoms with Crippen molar-refractivity contribution < 1.29 is 29.3 Å². The van der Waals surface area contributed by atoms with E-state index >= 15 is 0 Å². The lowest BCUT2D eigenvalue weighted by Gasteiger charge is -2.17. The van der Waals surface area contributed by atoms with Gasteiger partial charge in [-0.25, -0.2) is 4.79 Å². The third-order valence-corrected chi connectivity index (χ3v) is 3.67. The number of rotatable bonds is 4. The normalized spacial score (nSPS) is 29.7. The summed E-state index contributed by atoms with van der Waals surface area (Å²) in [7, 11) is 0. The van der Waals surface area contributed by atoms with E-state index in [1.54, 1.807) is 0 Å². The first-order valence-electron chi connectivity index (χ1n) is 5.72. The van der Waals surface area contributed by atoms with Gasteiger partial charge in [-0.15, -0.1) is 0 Å². The molecule has 0 spiro atoms. The fourth-order valence-corrected chi connectivity index (χ4v) is 2.42. The Morgan fingerprint density at radius 1 is 1.38 bits per heavy atom. The zero-order valence-electron chi connectivity index (χ0n) is 10.4. The van der Waals surface area contributed by atoms with Crippen LogP contribution in [-0.4, -0.2) is 54.5 Å². The van der Waals surface area contributed by atoms with Crippen LogP contribution in [0.5, 0.6) is 0 Å². The molecule has 1 saturated heterocycles. The number of aromatic nitrogens is 2. The average molecular weight is 340 g/mol. The minimum atomic E-state index is -3.93. The number of nitrogens with one attached hydrogen (secondary N) is 1. The molecule has 0 amide bonds. The molecule has 4 atom stereocenters. The molecule has 10 nitrogen and oxygen atoms in total. The van der Waals surface area contributed by atoms with Gasteiger partial charge in [0.25, 0.3) is 5.56 Å². The van der Waals surface area contributed by atoms with Crippen molar-refractivity contribution in [3.8, 4) is 0 Å². The molecule has 1 aliphatic heterocycles. The maximum atomic E-state index is 11.6. The van der Waals surface area contributed by atoms with Gasteiger partial charge in [-0.05, 0) is 11.8 Å². The van der Waals surface area contributed by atoms with Crippen molar-refractivity contribution in [3.05, 3.63) is 33.1 Å². The van der Waals surface area contributed by atoms with E-state index in [4.69, 9.17) is 14.5 Å². The Balaban J connectivity index is 2.18. The van der Waals surface area contributed by atoms with Crippen molar-refractivity contribution in [2.75, 3.05) is 6.61 Å². The van der Waals surface area contributed by atoms with E-state index in [9.17, 15) is 19.8 Å². The quantitative estimate of drug-likeness (QED) is 0.371. The van der Waals surface area contributed by atoms with Crippen LogP contribution in [0.3, 0.4) is 0 Å². The molecule has 1 aromatic heterocycles. The summed E-state index contributed by atoms with van der Waals surface area (Å²) in [5.74, 6) is 0. The zero-order valence-corrected chi connectivity index (χ0v) is 12.1. The largest absolute Gasteiger partial charge is 0.387 e. The molecule has 2 rings (SSSR count). The maximum absolute atomic E-state index is 11.6. The predicted molar refractivity (Wildman–Crippen MR) is 71.9 cm³/mol. The number of aromatic amines is 1. The van der Waals surface area contributed by atoms with E-state index in [1.165, 1.54) is 0 Å². The zero-order chi connectivity index (χ0) is 15.8. The van der Waals surface area contributed by atoms with Crippen molar-refractivity contribution in [2.24, 2.45) is 0 Å².